The number of rotatable bonds is 7. The van der Waals surface area contributed by atoms with E-state index in [0.29, 0.717) is 11.5 Å². The molecule has 5 heteroatoms. The summed E-state index contributed by atoms with van der Waals surface area (Å²) in [5, 5.41) is 12.2. The van der Waals surface area contributed by atoms with Crippen molar-refractivity contribution in [3.8, 4) is 11.1 Å². The fourth-order valence-electron chi connectivity index (χ4n) is 4.47. The van der Waals surface area contributed by atoms with Gasteiger partial charge in [-0.15, -0.1) is 0 Å². The summed E-state index contributed by atoms with van der Waals surface area (Å²) >= 11 is 0. The smallest absolute Gasteiger partial charge is 0.320 e. The summed E-state index contributed by atoms with van der Waals surface area (Å²) in [6.07, 6.45) is 3.34. The van der Waals surface area contributed by atoms with Gasteiger partial charge in [-0.1, -0.05) is 73.2 Å². The van der Waals surface area contributed by atoms with Crippen LogP contribution in [-0.2, 0) is 11.2 Å². The van der Waals surface area contributed by atoms with E-state index < -0.39 is 12.0 Å². The van der Waals surface area contributed by atoms with Crippen molar-refractivity contribution in [3.63, 3.8) is 0 Å². The summed E-state index contributed by atoms with van der Waals surface area (Å²) in [5.41, 5.74) is 10.6. The fourth-order valence-corrected chi connectivity index (χ4v) is 4.47. The standard InChI is InChI=1S/C27H28N2O3/c28-24(27(31)32)17-18-9-11-22(12-10-18)26(30)29-25-8-4-7-23(25)21-15-13-20(14-16-21)19-5-2-1-3-6-19/h1-3,5-6,9-16,23-25H,4,7-8,17,28H2,(H,29,30)(H,31,32)/t23-,24-,25-/m0/s1. The molecule has 1 fully saturated rings. The lowest BCUT2D eigenvalue weighted by molar-refractivity contribution is -0.138. The highest BCUT2D eigenvalue weighted by molar-refractivity contribution is 5.94. The molecule has 3 aromatic carbocycles. The first kappa shape index (κ1) is 21.8. The Balaban J connectivity index is 1.40. The molecule has 1 aliphatic carbocycles. The maximum atomic E-state index is 12.8. The highest BCUT2D eigenvalue weighted by Crippen LogP contribution is 2.35. The van der Waals surface area contributed by atoms with E-state index in [1.807, 2.05) is 18.2 Å². The largest absolute Gasteiger partial charge is 0.480 e. The summed E-state index contributed by atoms with van der Waals surface area (Å²) in [7, 11) is 0. The molecule has 0 bridgehead atoms. The molecule has 1 aliphatic rings. The molecule has 4 N–H and O–H groups in total. The van der Waals surface area contributed by atoms with Crippen molar-refractivity contribution in [2.45, 2.75) is 43.7 Å². The van der Waals surface area contributed by atoms with E-state index in [1.54, 1.807) is 24.3 Å². The molecule has 32 heavy (non-hydrogen) atoms. The van der Waals surface area contributed by atoms with Crippen molar-refractivity contribution < 1.29 is 14.7 Å². The molecule has 5 nitrogen and oxygen atoms in total. The van der Waals surface area contributed by atoms with E-state index in [-0.39, 0.29) is 18.4 Å². The Kier molecular flexibility index (Phi) is 6.66. The van der Waals surface area contributed by atoms with Crippen molar-refractivity contribution in [1.82, 2.24) is 5.32 Å². The molecular weight excluding hydrogens is 400 g/mol. The fraction of sp³-hybridized carbons (Fsp3) is 0.259. The highest BCUT2D eigenvalue weighted by Gasteiger charge is 2.30. The van der Waals surface area contributed by atoms with Crippen molar-refractivity contribution in [2.75, 3.05) is 0 Å². The monoisotopic (exact) mass is 428 g/mol. The van der Waals surface area contributed by atoms with Crippen LogP contribution in [0.15, 0.2) is 78.9 Å². The van der Waals surface area contributed by atoms with Crippen LogP contribution in [0.4, 0.5) is 0 Å². The van der Waals surface area contributed by atoms with Crippen molar-refractivity contribution in [1.29, 1.82) is 0 Å². The van der Waals surface area contributed by atoms with Gasteiger partial charge in [-0.25, -0.2) is 0 Å². The third-order valence-corrected chi connectivity index (χ3v) is 6.27. The van der Waals surface area contributed by atoms with E-state index in [1.165, 1.54) is 16.7 Å². The maximum Gasteiger partial charge on any atom is 0.320 e. The maximum absolute atomic E-state index is 12.8. The average Bonchev–Trinajstić information content (AvgIpc) is 3.28. The van der Waals surface area contributed by atoms with Gasteiger partial charge in [0.1, 0.15) is 6.04 Å². The average molecular weight is 429 g/mol. The van der Waals surface area contributed by atoms with Crippen LogP contribution in [-0.4, -0.2) is 29.1 Å². The molecule has 1 amide bonds. The van der Waals surface area contributed by atoms with Crippen LogP contribution in [0, 0.1) is 0 Å². The van der Waals surface area contributed by atoms with E-state index in [9.17, 15) is 9.59 Å². The Morgan fingerprint density at radius 1 is 0.906 bits per heavy atom. The molecule has 1 saturated carbocycles. The van der Waals surface area contributed by atoms with Gasteiger partial charge in [-0.2, -0.15) is 0 Å². The first-order valence-electron chi connectivity index (χ1n) is 11.0. The van der Waals surface area contributed by atoms with Crippen LogP contribution in [0.5, 0.6) is 0 Å². The Morgan fingerprint density at radius 3 is 2.22 bits per heavy atom. The number of carboxylic acid groups (broad SMARTS) is 1. The minimum Gasteiger partial charge on any atom is -0.480 e. The number of hydrogen-bond acceptors (Lipinski definition) is 3. The lowest BCUT2D eigenvalue weighted by Crippen LogP contribution is -2.36. The normalized spacial score (nSPS) is 18.8. The summed E-state index contributed by atoms with van der Waals surface area (Å²) in [6, 6.07) is 25.1. The first-order valence-corrected chi connectivity index (χ1v) is 11.0. The van der Waals surface area contributed by atoms with Gasteiger partial charge >= 0.3 is 5.97 Å². The number of benzene rings is 3. The number of aliphatic carboxylic acids is 1. The highest BCUT2D eigenvalue weighted by atomic mass is 16.4. The lowest BCUT2D eigenvalue weighted by atomic mass is 9.92. The zero-order chi connectivity index (χ0) is 22.5. The van der Waals surface area contributed by atoms with E-state index in [2.05, 4.69) is 41.7 Å². The number of nitrogens with one attached hydrogen (secondary N) is 1. The van der Waals surface area contributed by atoms with Gasteiger partial charge in [-0.05, 0) is 53.6 Å². The summed E-state index contributed by atoms with van der Waals surface area (Å²) in [5.74, 6) is -0.829. The number of carbonyl (C=O) groups is 2. The van der Waals surface area contributed by atoms with Crippen LogP contribution in [0.3, 0.4) is 0 Å². The van der Waals surface area contributed by atoms with Crippen molar-refractivity contribution >= 4 is 11.9 Å². The molecule has 4 rings (SSSR count). The summed E-state index contributed by atoms with van der Waals surface area (Å²) in [6.45, 7) is 0. The predicted molar refractivity (Wildman–Crippen MR) is 125 cm³/mol. The molecule has 3 aromatic rings. The van der Waals surface area contributed by atoms with Gasteiger partial charge in [0.25, 0.3) is 5.91 Å². The molecule has 0 heterocycles. The minimum atomic E-state index is -1.03. The second kappa shape index (κ2) is 9.79. The summed E-state index contributed by atoms with van der Waals surface area (Å²) < 4.78 is 0. The molecule has 0 aromatic heterocycles. The van der Waals surface area contributed by atoms with Gasteiger partial charge in [0.05, 0.1) is 0 Å². The molecule has 0 saturated heterocycles. The van der Waals surface area contributed by atoms with E-state index in [4.69, 9.17) is 10.8 Å². The van der Waals surface area contributed by atoms with Gasteiger partial charge < -0.3 is 16.2 Å². The molecule has 3 atom stereocenters. The first-order chi connectivity index (χ1) is 15.5. The van der Waals surface area contributed by atoms with E-state index in [0.717, 1.165) is 24.8 Å². The molecular formula is C27H28N2O3. The quantitative estimate of drug-likeness (QED) is 0.521. The van der Waals surface area contributed by atoms with Gasteiger partial charge in [0, 0.05) is 17.5 Å². The number of carbonyl (C=O) groups excluding carboxylic acids is 1. The zero-order valence-corrected chi connectivity index (χ0v) is 17.9. The molecule has 0 radical (unpaired) electrons. The Labute approximate surface area is 188 Å². The van der Waals surface area contributed by atoms with Gasteiger partial charge in [0.15, 0.2) is 0 Å². The Bertz CT molecular complexity index is 1060. The van der Waals surface area contributed by atoms with Crippen LogP contribution < -0.4 is 11.1 Å². The van der Waals surface area contributed by atoms with Gasteiger partial charge in [-0.3, -0.25) is 9.59 Å². The molecule has 0 spiro atoms. The zero-order valence-electron chi connectivity index (χ0n) is 17.9. The summed E-state index contributed by atoms with van der Waals surface area (Å²) in [4.78, 5) is 23.7. The van der Waals surface area contributed by atoms with Crippen LogP contribution >= 0.6 is 0 Å². The molecule has 0 unspecified atom stereocenters. The number of nitrogens with two attached hydrogens (primary N) is 1. The van der Waals surface area contributed by atoms with Crippen LogP contribution in [0.25, 0.3) is 11.1 Å². The number of amides is 1. The van der Waals surface area contributed by atoms with Crippen LogP contribution in [0.2, 0.25) is 0 Å². The second-order valence-corrected chi connectivity index (χ2v) is 8.45. The minimum absolute atomic E-state index is 0.100. The third-order valence-electron chi connectivity index (χ3n) is 6.27. The molecule has 164 valence electrons. The SMILES string of the molecule is N[C@@H](Cc1ccc(C(=O)N[C@H]2CCC[C@H]2c2ccc(-c3ccccc3)cc2)cc1)C(=O)O. The number of carboxylic acids is 1. The predicted octanol–water partition coefficient (Wildman–Crippen LogP) is 4.37. The molecule has 0 aliphatic heterocycles. The van der Waals surface area contributed by atoms with E-state index >= 15 is 0 Å². The van der Waals surface area contributed by atoms with Crippen molar-refractivity contribution in [3.05, 3.63) is 95.6 Å². The second-order valence-electron chi connectivity index (χ2n) is 8.45. The Hall–Kier alpha value is -3.44. The van der Waals surface area contributed by atoms with Crippen molar-refractivity contribution in [2.24, 2.45) is 5.73 Å². The van der Waals surface area contributed by atoms with Crippen LogP contribution in [0.1, 0.15) is 46.7 Å². The number of hydrogen-bond donors (Lipinski definition) is 3. The Morgan fingerprint density at radius 2 is 1.56 bits per heavy atom. The topological polar surface area (TPSA) is 92.4 Å². The third kappa shape index (κ3) is 5.06. The van der Waals surface area contributed by atoms with Gasteiger partial charge in [0.2, 0.25) is 0 Å². The lowest BCUT2D eigenvalue weighted by Gasteiger charge is -2.22.